The van der Waals surface area contributed by atoms with Crippen molar-refractivity contribution in [1.82, 2.24) is 0 Å². The molecule has 6 nitrogen and oxygen atoms in total. The first kappa shape index (κ1) is 20.2. The summed E-state index contributed by atoms with van der Waals surface area (Å²) in [6, 6.07) is 12.3. The Kier molecular flexibility index (Phi) is 5.65. The molecule has 0 saturated heterocycles. The molecule has 0 bridgehead atoms. The van der Waals surface area contributed by atoms with E-state index in [2.05, 4.69) is 5.32 Å². The third-order valence-electron chi connectivity index (χ3n) is 4.11. The molecule has 0 heterocycles. The van der Waals surface area contributed by atoms with Crippen molar-refractivity contribution >= 4 is 52.0 Å². The Balaban J connectivity index is 1.93. The molecule has 3 rings (SSSR count). The largest absolute Gasteiger partial charge is 0.511 e. The molecule has 2 aromatic carbocycles. The molecule has 0 saturated carbocycles. The van der Waals surface area contributed by atoms with Crippen LogP contribution in [0.5, 0.6) is 0 Å². The maximum Gasteiger partial charge on any atom is 0.292 e. The maximum absolute atomic E-state index is 12.8. The van der Waals surface area contributed by atoms with Gasteiger partial charge in [0.15, 0.2) is 10.8 Å². The Morgan fingerprint density at radius 2 is 1.75 bits per heavy atom. The molecule has 144 valence electrons. The van der Waals surface area contributed by atoms with E-state index in [-0.39, 0.29) is 27.0 Å². The minimum atomic E-state index is -1.56. The van der Waals surface area contributed by atoms with E-state index in [9.17, 15) is 20.0 Å². The van der Waals surface area contributed by atoms with Crippen LogP contribution in [0.1, 0.15) is 10.4 Å². The molecule has 0 fully saturated rings. The Bertz CT molecular complexity index is 1000. The van der Waals surface area contributed by atoms with Crippen LogP contribution in [0.2, 0.25) is 5.02 Å². The monoisotopic (exact) mass is 438 g/mol. The third kappa shape index (κ3) is 3.99. The fraction of sp³-hybridized carbons (Fsp3) is 0.105. The Morgan fingerprint density at radius 1 is 1.11 bits per heavy atom. The number of nitrogens with zero attached hydrogens (tertiary/aromatic N) is 1. The molecule has 0 spiro atoms. The highest BCUT2D eigenvalue weighted by Crippen LogP contribution is 2.39. The van der Waals surface area contributed by atoms with E-state index >= 15 is 0 Å². The summed E-state index contributed by atoms with van der Waals surface area (Å²) in [5.74, 6) is -2.05. The van der Waals surface area contributed by atoms with Crippen molar-refractivity contribution in [3.8, 4) is 0 Å². The smallest absolute Gasteiger partial charge is 0.292 e. The molecule has 9 heteroatoms. The second kappa shape index (κ2) is 7.83. The lowest BCUT2D eigenvalue weighted by Crippen LogP contribution is -2.34. The number of aliphatic hydroxyl groups is 1. The number of ketones is 1. The van der Waals surface area contributed by atoms with Gasteiger partial charge in [-0.2, -0.15) is 0 Å². The zero-order chi connectivity index (χ0) is 20.5. The van der Waals surface area contributed by atoms with Gasteiger partial charge < -0.3 is 10.4 Å². The van der Waals surface area contributed by atoms with Crippen LogP contribution in [0.4, 0.5) is 11.4 Å². The first-order valence-corrected chi connectivity index (χ1v) is 9.14. The standard InChI is InChI=1S/C19H13Cl3N2O4/c20-12-6-2-1-5-11(12)18(26)17-13(21)9-19(22,10-16(17)25)23-14-7-3-4-8-15(14)24(27)28/h1-10,17,23,25H. The molecule has 2 aromatic rings. The molecule has 0 aromatic heterocycles. The predicted molar refractivity (Wildman–Crippen MR) is 109 cm³/mol. The first-order chi connectivity index (χ1) is 13.2. The molecular weight excluding hydrogens is 427 g/mol. The van der Waals surface area contributed by atoms with Gasteiger partial charge in [-0.3, -0.25) is 14.9 Å². The lowest BCUT2D eigenvalue weighted by molar-refractivity contribution is -0.384. The van der Waals surface area contributed by atoms with Crippen LogP contribution in [0.25, 0.3) is 0 Å². The van der Waals surface area contributed by atoms with Crippen LogP contribution < -0.4 is 5.32 Å². The van der Waals surface area contributed by atoms with Gasteiger partial charge in [0.05, 0.1) is 9.95 Å². The summed E-state index contributed by atoms with van der Waals surface area (Å²) in [6.45, 7) is 0. The van der Waals surface area contributed by atoms with Crippen molar-refractivity contribution in [2.24, 2.45) is 5.92 Å². The van der Waals surface area contributed by atoms with Gasteiger partial charge >= 0.3 is 0 Å². The van der Waals surface area contributed by atoms with Crippen LogP contribution in [-0.4, -0.2) is 20.8 Å². The fourth-order valence-electron chi connectivity index (χ4n) is 2.86. The molecule has 2 atom stereocenters. The third-order valence-corrected chi connectivity index (χ3v) is 5.08. The van der Waals surface area contributed by atoms with Crippen LogP contribution in [-0.2, 0) is 0 Å². The number of nitro groups is 1. The number of carbonyl (C=O) groups is 1. The Hall–Kier alpha value is -2.54. The highest BCUT2D eigenvalue weighted by molar-refractivity contribution is 6.37. The van der Waals surface area contributed by atoms with Gasteiger partial charge in [0.1, 0.15) is 17.4 Å². The highest BCUT2D eigenvalue weighted by atomic mass is 35.5. The van der Waals surface area contributed by atoms with Crippen molar-refractivity contribution in [3.63, 3.8) is 0 Å². The van der Waals surface area contributed by atoms with Crippen LogP contribution in [0.3, 0.4) is 0 Å². The summed E-state index contributed by atoms with van der Waals surface area (Å²) in [4.78, 5) is 21.8. The molecule has 2 unspecified atom stereocenters. The molecule has 2 N–H and O–H groups in total. The second-order valence-corrected chi connectivity index (χ2v) is 7.51. The molecule has 0 radical (unpaired) electrons. The van der Waals surface area contributed by atoms with Crippen molar-refractivity contribution in [1.29, 1.82) is 0 Å². The van der Waals surface area contributed by atoms with E-state index in [1.54, 1.807) is 24.3 Å². The van der Waals surface area contributed by atoms with Crippen LogP contribution in [0, 0.1) is 16.0 Å². The van der Waals surface area contributed by atoms with E-state index < -0.39 is 27.4 Å². The van der Waals surface area contributed by atoms with Gasteiger partial charge in [-0.05, 0) is 30.4 Å². The number of Topliss-reactive ketones (excluding diaryl/α,β-unsaturated/α-hetero) is 1. The number of benzene rings is 2. The number of anilines is 1. The second-order valence-electron chi connectivity index (χ2n) is 6.04. The average molecular weight is 440 g/mol. The Labute approximate surface area is 175 Å². The number of nitro benzene ring substituents is 1. The van der Waals surface area contributed by atoms with E-state index in [0.29, 0.717) is 0 Å². The predicted octanol–water partition coefficient (Wildman–Crippen LogP) is 5.67. The van der Waals surface area contributed by atoms with Crippen LogP contribution in [0.15, 0.2) is 71.5 Å². The molecular formula is C19H13Cl3N2O4. The SMILES string of the molecule is O=C(c1ccccc1Cl)C1C(O)=CC(Cl)(Nc2ccccc2[N+](=O)[O-])C=C1Cl. The first-order valence-electron chi connectivity index (χ1n) is 8.01. The number of allylic oxidation sites excluding steroid dienone is 1. The number of carbonyl (C=O) groups excluding carboxylic acids is 1. The number of alkyl halides is 1. The highest BCUT2D eigenvalue weighted by Gasteiger charge is 2.38. The van der Waals surface area contributed by atoms with Crippen LogP contribution >= 0.6 is 34.8 Å². The van der Waals surface area contributed by atoms with Gasteiger partial charge in [-0.25, -0.2) is 0 Å². The lowest BCUT2D eigenvalue weighted by atomic mass is 9.90. The average Bonchev–Trinajstić information content (AvgIpc) is 2.61. The van der Waals surface area contributed by atoms with E-state index in [4.69, 9.17) is 34.8 Å². The zero-order valence-corrected chi connectivity index (χ0v) is 16.4. The summed E-state index contributed by atoms with van der Waals surface area (Å²) < 4.78 is 0. The molecule has 28 heavy (non-hydrogen) atoms. The van der Waals surface area contributed by atoms with Gasteiger partial charge in [-0.1, -0.05) is 59.1 Å². The lowest BCUT2D eigenvalue weighted by Gasteiger charge is -2.29. The summed E-state index contributed by atoms with van der Waals surface area (Å²) >= 11 is 18.8. The van der Waals surface area contributed by atoms with Crippen molar-refractivity contribution < 1.29 is 14.8 Å². The quantitative estimate of drug-likeness (QED) is 0.206. The summed E-state index contributed by atoms with van der Waals surface area (Å²) in [5, 5.41) is 24.6. The summed E-state index contributed by atoms with van der Waals surface area (Å²) in [6.07, 6.45) is 2.49. The number of aliphatic hydroxyl groups excluding tert-OH is 1. The van der Waals surface area contributed by atoms with Crippen molar-refractivity contribution in [3.05, 3.63) is 92.2 Å². The molecule has 0 amide bonds. The summed E-state index contributed by atoms with van der Waals surface area (Å²) in [7, 11) is 0. The topological polar surface area (TPSA) is 92.5 Å². The van der Waals surface area contributed by atoms with Gasteiger partial charge in [-0.15, -0.1) is 0 Å². The van der Waals surface area contributed by atoms with E-state index in [1.807, 2.05) is 0 Å². The molecule has 1 aliphatic carbocycles. The maximum atomic E-state index is 12.8. The zero-order valence-electron chi connectivity index (χ0n) is 14.1. The minimum absolute atomic E-state index is 0.0361. The molecule has 0 aliphatic heterocycles. The number of nitrogens with one attached hydrogen (secondary N) is 1. The number of rotatable bonds is 5. The van der Waals surface area contributed by atoms with Gasteiger partial charge in [0.25, 0.3) is 5.69 Å². The van der Waals surface area contributed by atoms with Gasteiger partial charge in [0.2, 0.25) is 0 Å². The number of para-hydroxylation sites is 2. The van der Waals surface area contributed by atoms with E-state index in [1.165, 1.54) is 36.4 Å². The van der Waals surface area contributed by atoms with E-state index in [0.717, 1.165) is 0 Å². The fourth-order valence-corrected chi connectivity index (χ4v) is 3.86. The van der Waals surface area contributed by atoms with Crippen molar-refractivity contribution in [2.75, 3.05) is 5.32 Å². The minimum Gasteiger partial charge on any atom is -0.511 e. The normalized spacial score (nSPS) is 21.5. The van der Waals surface area contributed by atoms with Gasteiger partial charge in [0, 0.05) is 16.7 Å². The molecule has 1 aliphatic rings. The number of hydrogen-bond acceptors (Lipinski definition) is 5. The van der Waals surface area contributed by atoms with Crippen molar-refractivity contribution in [2.45, 2.75) is 5.00 Å². The number of hydrogen-bond donors (Lipinski definition) is 2. The number of halogens is 3. The summed E-state index contributed by atoms with van der Waals surface area (Å²) in [5.41, 5.74) is 0.131. The Morgan fingerprint density at radius 3 is 2.39 bits per heavy atom.